The van der Waals surface area contributed by atoms with Crippen molar-refractivity contribution in [1.82, 2.24) is 4.90 Å². The molecule has 1 aliphatic heterocycles. The first kappa shape index (κ1) is 17.1. The maximum atomic E-state index is 12.9. The Kier molecular flexibility index (Phi) is 5.61. The first-order valence-corrected chi connectivity index (χ1v) is 9.13. The summed E-state index contributed by atoms with van der Waals surface area (Å²) in [5.41, 5.74) is 7.21. The molecule has 0 aromatic heterocycles. The second-order valence-electron chi connectivity index (χ2n) is 6.84. The largest absolute Gasteiger partial charge is 0.454 e. The number of hydrogen-bond donors (Lipinski definition) is 1. The molecular formula is C19H28N2O3. The predicted molar refractivity (Wildman–Crippen MR) is 92.9 cm³/mol. The van der Waals surface area contributed by atoms with Crippen LogP contribution in [0.1, 0.15) is 57.4 Å². The Balaban J connectivity index is 1.77. The number of carbonyl (C=O) groups excluding carboxylic acids is 1. The van der Waals surface area contributed by atoms with Gasteiger partial charge < -0.3 is 20.1 Å². The number of ether oxygens (including phenoxy) is 2. The fourth-order valence-electron chi connectivity index (χ4n) is 3.66. The van der Waals surface area contributed by atoms with E-state index in [1.807, 2.05) is 23.1 Å². The fourth-order valence-corrected chi connectivity index (χ4v) is 3.66. The lowest BCUT2D eigenvalue weighted by Crippen LogP contribution is -2.48. The van der Waals surface area contributed by atoms with Crippen molar-refractivity contribution in [2.24, 2.45) is 5.73 Å². The number of nitrogens with two attached hydrogens (primary N) is 1. The highest BCUT2D eigenvalue weighted by Crippen LogP contribution is 2.33. The molecule has 1 aromatic rings. The predicted octanol–water partition coefficient (Wildman–Crippen LogP) is 3.20. The lowest BCUT2D eigenvalue weighted by Gasteiger charge is -2.36. The van der Waals surface area contributed by atoms with Gasteiger partial charge >= 0.3 is 0 Å². The summed E-state index contributed by atoms with van der Waals surface area (Å²) in [6, 6.07) is 5.83. The van der Waals surface area contributed by atoms with Crippen LogP contribution < -0.4 is 15.2 Å². The van der Waals surface area contributed by atoms with Gasteiger partial charge in [-0.25, -0.2) is 0 Å². The topological polar surface area (TPSA) is 64.8 Å². The third kappa shape index (κ3) is 3.83. The average Bonchev–Trinajstić information content (AvgIpc) is 3.08. The summed E-state index contributed by atoms with van der Waals surface area (Å²) in [4.78, 5) is 14.9. The molecule has 1 amide bonds. The minimum absolute atomic E-state index is 0.0846. The number of amides is 1. The maximum absolute atomic E-state index is 12.9. The van der Waals surface area contributed by atoms with Crippen molar-refractivity contribution in [2.45, 2.75) is 70.5 Å². The van der Waals surface area contributed by atoms with E-state index in [1.165, 1.54) is 19.3 Å². The lowest BCUT2D eigenvalue weighted by atomic mass is 9.93. The number of rotatable bonds is 6. The minimum Gasteiger partial charge on any atom is -0.454 e. The summed E-state index contributed by atoms with van der Waals surface area (Å²) in [6.07, 6.45) is 7.48. The summed E-state index contributed by atoms with van der Waals surface area (Å²) < 4.78 is 10.8. The van der Waals surface area contributed by atoms with E-state index in [-0.39, 0.29) is 12.7 Å². The zero-order valence-electron chi connectivity index (χ0n) is 14.5. The molecular weight excluding hydrogens is 304 g/mol. The van der Waals surface area contributed by atoms with Gasteiger partial charge in [0.1, 0.15) is 0 Å². The van der Waals surface area contributed by atoms with Gasteiger partial charge in [-0.15, -0.1) is 0 Å². The van der Waals surface area contributed by atoms with Crippen LogP contribution >= 0.6 is 0 Å². The summed E-state index contributed by atoms with van der Waals surface area (Å²) in [6.45, 7) is 2.93. The van der Waals surface area contributed by atoms with Gasteiger partial charge in [0.25, 0.3) is 0 Å². The van der Waals surface area contributed by atoms with Crippen molar-refractivity contribution in [3.05, 3.63) is 23.8 Å². The molecule has 1 atom stereocenters. The van der Waals surface area contributed by atoms with E-state index in [2.05, 4.69) is 6.92 Å². The Morgan fingerprint density at radius 3 is 2.75 bits per heavy atom. The molecule has 1 saturated carbocycles. The van der Waals surface area contributed by atoms with Gasteiger partial charge in [-0.1, -0.05) is 38.7 Å². The van der Waals surface area contributed by atoms with E-state index in [0.29, 0.717) is 12.6 Å². The van der Waals surface area contributed by atoms with Crippen LogP contribution in [0.3, 0.4) is 0 Å². The third-order valence-electron chi connectivity index (χ3n) is 5.01. The molecule has 5 heteroatoms. The quantitative estimate of drug-likeness (QED) is 0.869. The van der Waals surface area contributed by atoms with E-state index < -0.39 is 6.04 Å². The van der Waals surface area contributed by atoms with Crippen molar-refractivity contribution >= 4 is 5.91 Å². The van der Waals surface area contributed by atoms with Crippen molar-refractivity contribution in [3.63, 3.8) is 0 Å². The van der Waals surface area contributed by atoms with E-state index in [9.17, 15) is 4.79 Å². The van der Waals surface area contributed by atoms with Crippen LogP contribution in [-0.2, 0) is 11.3 Å². The van der Waals surface area contributed by atoms with Crippen molar-refractivity contribution < 1.29 is 14.3 Å². The van der Waals surface area contributed by atoms with E-state index in [4.69, 9.17) is 15.2 Å². The molecule has 1 fully saturated rings. The van der Waals surface area contributed by atoms with E-state index in [0.717, 1.165) is 42.7 Å². The Labute approximate surface area is 144 Å². The Bertz CT molecular complexity index is 570. The standard InChI is InChI=1S/C19H28N2O3/c1-2-6-16(20)19(22)21(15-7-4-3-5-8-15)12-14-9-10-17-18(11-14)24-13-23-17/h9-11,15-16H,2-8,12-13,20H2,1H3. The summed E-state index contributed by atoms with van der Waals surface area (Å²) in [5, 5.41) is 0. The lowest BCUT2D eigenvalue weighted by molar-refractivity contribution is -0.136. The summed E-state index contributed by atoms with van der Waals surface area (Å²) >= 11 is 0. The molecule has 132 valence electrons. The molecule has 1 aliphatic carbocycles. The zero-order chi connectivity index (χ0) is 16.9. The highest BCUT2D eigenvalue weighted by Gasteiger charge is 2.29. The van der Waals surface area contributed by atoms with Crippen LogP contribution in [0.5, 0.6) is 11.5 Å². The van der Waals surface area contributed by atoms with Gasteiger partial charge in [-0.2, -0.15) is 0 Å². The number of fused-ring (bicyclic) bond motifs is 1. The third-order valence-corrected chi connectivity index (χ3v) is 5.01. The van der Waals surface area contributed by atoms with Gasteiger partial charge in [0, 0.05) is 12.6 Å². The molecule has 1 unspecified atom stereocenters. The monoisotopic (exact) mass is 332 g/mol. The summed E-state index contributed by atoms with van der Waals surface area (Å²) in [7, 11) is 0. The minimum atomic E-state index is -0.397. The second kappa shape index (κ2) is 7.88. The molecule has 3 rings (SSSR count). The molecule has 0 bridgehead atoms. The van der Waals surface area contributed by atoms with Crippen molar-refractivity contribution in [2.75, 3.05) is 6.79 Å². The smallest absolute Gasteiger partial charge is 0.240 e. The zero-order valence-corrected chi connectivity index (χ0v) is 14.5. The Morgan fingerprint density at radius 1 is 1.25 bits per heavy atom. The van der Waals surface area contributed by atoms with Gasteiger partial charge in [0.05, 0.1) is 6.04 Å². The number of carbonyl (C=O) groups is 1. The van der Waals surface area contributed by atoms with Crippen LogP contribution in [0.15, 0.2) is 18.2 Å². The molecule has 1 aromatic carbocycles. The van der Waals surface area contributed by atoms with Gasteiger partial charge in [0.15, 0.2) is 11.5 Å². The summed E-state index contributed by atoms with van der Waals surface area (Å²) in [5.74, 6) is 1.62. The van der Waals surface area contributed by atoms with Gasteiger partial charge in [-0.3, -0.25) is 4.79 Å². The molecule has 2 N–H and O–H groups in total. The first-order valence-electron chi connectivity index (χ1n) is 9.13. The fraction of sp³-hybridized carbons (Fsp3) is 0.632. The molecule has 0 radical (unpaired) electrons. The molecule has 5 nitrogen and oxygen atoms in total. The van der Waals surface area contributed by atoms with E-state index >= 15 is 0 Å². The number of hydrogen-bond acceptors (Lipinski definition) is 4. The van der Waals surface area contributed by atoms with Crippen LogP contribution in [0.25, 0.3) is 0 Å². The van der Waals surface area contributed by atoms with Gasteiger partial charge in [0.2, 0.25) is 12.7 Å². The Morgan fingerprint density at radius 2 is 2.00 bits per heavy atom. The average molecular weight is 332 g/mol. The molecule has 24 heavy (non-hydrogen) atoms. The number of benzene rings is 1. The van der Waals surface area contributed by atoms with Crippen LogP contribution in [0.2, 0.25) is 0 Å². The molecule has 0 spiro atoms. The highest BCUT2D eigenvalue weighted by molar-refractivity contribution is 5.82. The molecule has 2 aliphatic rings. The Hall–Kier alpha value is -1.75. The second-order valence-corrected chi connectivity index (χ2v) is 6.84. The maximum Gasteiger partial charge on any atom is 0.240 e. The van der Waals surface area contributed by atoms with Crippen LogP contribution in [0, 0.1) is 0 Å². The van der Waals surface area contributed by atoms with Gasteiger partial charge in [-0.05, 0) is 37.0 Å². The highest BCUT2D eigenvalue weighted by atomic mass is 16.7. The number of nitrogens with zero attached hydrogens (tertiary/aromatic N) is 1. The van der Waals surface area contributed by atoms with Crippen molar-refractivity contribution in [3.8, 4) is 11.5 Å². The first-order chi connectivity index (χ1) is 11.7. The molecule has 1 heterocycles. The normalized spacial score (nSPS) is 18.4. The van der Waals surface area contributed by atoms with Crippen molar-refractivity contribution in [1.29, 1.82) is 0 Å². The molecule has 0 saturated heterocycles. The van der Waals surface area contributed by atoms with E-state index in [1.54, 1.807) is 0 Å². The van der Waals surface area contributed by atoms with Crippen LogP contribution in [-0.4, -0.2) is 29.7 Å². The SMILES string of the molecule is CCCC(N)C(=O)N(Cc1ccc2c(c1)OCO2)C1CCCCC1. The van der Waals surface area contributed by atoms with Crippen LogP contribution in [0.4, 0.5) is 0 Å².